The van der Waals surface area contributed by atoms with Gasteiger partial charge >= 0.3 is 5.97 Å². The molecule has 7 heteroatoms. The van der Waals surface area contributed by atoms with Gasteiger partial charge in [0.05, 0.1) is 5.92 Å². The molecule has 1 amide bonds. The lowest BCUT2D eigenvalue weighted by Gasteiger charge is -2.07. The summed E-state index contributed by atoms with van der Waals surface area (Å²) in [6, 6.07) is 0. The Labute approximate surface area is 119 Å². The second kappa shape index (κ2) is 11.1. The molecule has 0 aliphatic heterocycles. The third-order valence-corrected chi connectivity index (χ3v) is 2.86. The third-order valence-electron chi connectivity index (χ3n) is 2.86. The minimum atomic E-state index is -0.944. The van der Waals surface area contributed by atoms with Crippen LogP contribution in [0, 0.1) is 5.92 Å². The number of nitrogens with two attached hydrogens (primary N) is 2. The van der Waals surface area contributed by atoms with Crippen LogP contribution in [0.2, 0.25) is 0 Å². The van der Waals surface area contributed by atoms with Crippen molar-refractivity contribution in [2.75, 3.05) is 13.1 Å². The Bertz CT molecular complexity index is 328. The molecule has 0 bridgehead atoms. The van der Waals surface area contributed by atoms with Gasteiger partial charge in [0.15, 0.2) is 5.96 Å². The van der Waals surface area contributed by atoms with Gasteiger partial charge in [-0.15, -0.1) is 0 Å². The van der Waals surface area contributed by atoms with Gasteiger partial charge in [-0.3, -0.25) is 14.6 Å². The van der Waals surface area contributed by atoms with E-state index in [9.17, 15) is 9.59 Å². The number of rotatable bonds is 11. The van der Waals surface area contributed by atoms with Crippen molar-refractivity contribution in [2.45, 2.75) is 45.4 Å². The first-order chi connectivity index (χ1) is 9.43. The van der Waals surface area contributed by atoms with Gasteiger partial charge in [0.25, 0.3) is 0 Å². The minimum Gasteiger partial charge on any atom is -0.481 e. The van der Waals surface area contributed by atoms with Crippen LogP contribution in [0.1, 0.15) is 45.4 Å². The fourth-order valence-electron chi connectivity index (χ4n) is 1.64. The molecule has 0 aliphatic rings. The van der Waals surface area contributed by atoms with Gasteiger partial charge in [-0.2, -0.15) is 0 Å². The van der Waals surface area contributed by atoms with Crippen LogP contribution in [0.3, 0.4) is 0 Å². The van der Waals surface area contributed by atoms with Crippen LogP contribution in [0.25, 0.3) is 0 Å². The van der Waals surface area contributed by atoms with Gasteiger partial charge < -0.3 is 21.9 Å². The van der Waals surface area contributed by atoms with Gasteiger partial charge in [-0.1, -0.05) is 26.2 Å². The number of carbonyl (C=O) groups is 2. The van der Waals surface area contributed by atoms with Crippen LogP contribution in [0.4, 0.5) is 0 Å². The molecule has 0 aromatic heterocycles. The number of guanidine groups is 1. The molecule has 0 radical (unpaired) electrons. The number of aliphatic carboxylic acids is 1. The van der Waals surface area contributed by atoms with Gasteiger partial charge in [-0.05, 0) is 12.8 Å². The molecule has 7 nitrogen and oxygen atoms in total. The van der Waals surface area contributed by atoms with E-state index < -0.39 is 11.9 Å². The SMILES string of the molecule is C[C@@H](CC(=O)NCCCCCCCN=C(N)N)C(=O)O. The highest BCUT2D eigenvalue weighted by Gasteiger charge is 2.14. The number of carboxylic acids is 1. The number of amides is 1. The second-order valence-electron chi connectivity index (χ2n) is 4.87. The largest absolute Gasteiger partial charge is 0.481 e. The van der Waals surface area contributed by atoms with Crippen LogP contribution in [0.15, 0.2) is 4.99 Å². The number of nitrogens with zero attached hydrogens (tertiary/aromatic N) is 1. The zero-order valence-electron chi connectivity index (χ0n) is 12.1. The number of nitrogens with one attached hydrogen (secondary N) is 1. The first kappa shape index (κ1) is 18.2. The molecule has 116 valence electrons. The van der Waals surface area contributed by atoms with Crippen molar-refractivity contribution in [1.82, 2.24) is 5.32 Å². The average Bonchev–Trinajstić information content (AvgIpc) is 2.36. The van der Waals surface area contributed by atoms with E-state index in [-0.39, 0.29) is 18.3 Å². The van der Waals surface area contributed by atoms with Crippen LogP contribution >= 0.6 is 0 Å². The van der Waals surface area contributed by atoms with Crippen molar-refractivity contribution in [3.05, 3.63) is 0 Å². The first-order valence-corrected chi connectivity index (χ1v) is 6.98. The van der Waals surface area contributed by atoms with Crippen molar-refractivity contribution < 1.29 is 14.7 Å². The maximum atomic E-state index is 11.4. The highest BCUT2D eigenvalue weighted by Crippen LogP contribution is 2.04. The van der Waals surface area contributed by atoms with E-state index >= 15 is 0 Å². The first-order valence-electron chi connectivity index (χ1n) is 6.98. The summed E-state index contributed by atoms with van der Waals surface area (Å²) in [6.07, 6.45) is 5.04. The topological polar surface area (TPSA) is 131 Å². The van der Waals surface area contributed by atoms with Crippen molar-refractivity contribution in [2.24, 2.45) is 22.4 Å². The number of aliphatic imine (C=N–C) groups is 1. The van der Waals surface area contributed by atoms with Gasteiger partial charge in [0, 0.05) is 19.5 Å². The molecule has 0 saturated carbocycles. The van der Waals surface area contributed by atoms with Gasteiger partial charge in [0.1, 0.15) is 0 Å². The summed E-state index contributed by atoms with van der Waals surface area (Å²) in [7, 11) is 0. The number of carboxylic acid groups (broad SMARTS) is 1. The molecule has 0 unspecified atom stereocenters. The number of carbonyl (C=O) groups excluding carboxylic acids is 1. The average molecular weight is 286 g/mol. The van der Waals surface area contributed by atoms with E-state index in [4.69, 9.17) is 16.6 Å². The molecular weight excluding hydrogens is 260 g/mol. The maximum Gasteiger partial charge on any atom is 0.306 e. The maximum absolute atomic E-state index is 11.4. The van der Waals surface area contributed by atoms with E-state index in [1.807, 2.05) is 0 Å². The molecule has 6 N–H and O–H groups in total. The molecule has 0 heterocycles. The van der Waals surface area contributed by atoms with Crippen molar-refractivity contribution >= 4 is 17.8 Å². The quantitative estimate of drug-likeness (QED) is 0.248. The Kier molecular flexibility index (Phi) is 10.1. The van der Waals surface area contributed by atoms with Gasteiger partial charge in [0.2, 0.25) is 5.91 Å². The number of hydrogen-bond donors (Lipinski definition) is 4. The summed E-state index contributed by atoms with van der Waals surface area (Å²) in [5.74, 6) is -1.65. The number of unbranched alkanes of at least 4 members (excludes halogenated alkanes) is 4. The molecule has 20 heavy (non-hydrogen) atoms. The molecule has 1 atom stereocenters. The summed E-state index contributed by atoms with van der Waals surface area (Å²) in [6.45, 7) is 2.78. The summed E-state index contributed by atoms with van der Waals surface area (Å²) in [4.78, 5) is 25.8. The van der Waals surface area contributed by atoms with Crippen molar-refractivity contribution in [1.29, 1.82) is 0 Å². The molecule has 0 aliphatic carbocycles. The lowest BCUT2D eigenvalue weighted by Crippen LogP contribution is -2.28. The highest BCUT2D eigenvalue weighted by molar-refractivity contribution is 5.81. The molecular formula is C13H26N4O3. The molecule has 0 saturated heterocycles. The summed E-state index contributed by atoms with van der Waals surface area (Å²) in [5.41, 5.74) is 10.4. The second-order valence-corrected chi connectivity index (χ2v) is 4.87. The van der Waals surface area contributed by atoms with Crippen LogP contribution < -0.4 is 16.8 Å². The third kappa shape index (κ3) is 11.3. The Morgan fingerprint density at radius 2 is 1.75 bits per heavy atom. The fourth-order valence-corrected chi connectivity index (χ4v) is 1.64. The fraction of sp³-hybridized carbons (Fsp3) is 0.769. The lowest BCUT2D eigenvalue weighted by atomic mass is 10.1. The highest BCUT2D eigenvalue weighted by atomic mass is 16.4. The predicted octanol–water partition coefficient (Wildman–Crippen LogP) is 0.437. The molecule has 0 rings (SSSR count). The van der Waals surface area contributed by atoms with E-state index in [2.05, 4.69) is 10.3 Å². The van der Waals surface area contributed by atoms with Crippen molar-refractivity contribution in [3.8, 4) is 0 Å². The van der Waals surface area contributed by atoms with Crippen LogP contribution in [-0.2, 0) is 9.59 Å². The monoisotopic (exact) mass is 286 g/mol. The van der Waals surface area contributed by atoms with Crippen molar-refractivity contribution in [3.63, 3.8) is 0 Å². The smallest absolute Gasteiger partial charge is 0.306 e. The Morgan fingerprint density at radius 1 is 1.15 bits per heavy atom. The van der Waals surface area contributed by atoms with Gasteiger partial charge in [-0.25, -0.2) is 0 Å². The predicted molar refractivity (Wildman–Crippen MR) is 78.2 cm³/mol. The van der Waals surface area contributed by atoms with Crippen LogP contribution in [0.5, 0.6) is 0 Å². The Morgan fingerprint density at radius 3 is 2.35 bits per heavy atom. The standard InChI is InChI=1S/C13H26N4O3/c1-10(12(19)20)9-11(18)16-7-5-3-2-4-6-8-17-13(14)15/h10H,2-9H2,1H3,(H,16,18)(H,19,20)(H4,14,15,17)/t10-/m0/s1. The zero-order valence-corrected chi connectivity index (χ0v) is 12.1. The normalized spacial score (nSPS) is 11.7. The molecule has 0 spiro atoms. The molecule has 0 fully saturated rings. The Hall–Kier alpha value is -1.79. The molecule has 0 aromatic carbocycles. The lowest BCUT2D eigenvalue weighted by molar-refractivity contribution is -0.143. The number of hydrogen-bond acceptors (Lipinski definition) is 3. The summed E-state index contributed by atoms with van der Waals surface area (Å²) in [5, 5.41) is 11.4. The van der Waals surface area contributed by atoms with E-state index in [0.29, 0.717) is 13.1 Å². The van der Waals surface area contributed by atoms with E-state index in [1.165, 1.54) is 6.92 Å². The zero-order chi connectivity index (χ0) is 15.4. The summed E-state index contributed by atoms with van der Waals surface area (Å²) >= 11 is 0. The van der Waals surface area contributed by atoms with Crippen LogP contribution in [-0.4, -0.2) is 36.0 Å². The van der Waals surface area contributed by atoms with E-state index in [0.717, 1.165) is 32.1 Å². The Balaban J connectivity index is 3.38. The van der Waals surface area contributed by atoms with E-state index in [1.54, 1.807) is 0 Å². The molecule has 0 aromatic rings. The minimum absolute atomic E-state index is 0.0356. The summed E-state index contributed by atoms with van der Waals surface area (Å²) < 4.78 is 0.